The first-order valence-electron chi connectivity index (χ1n) is 11.0. The monoisotopic (exact) mass is 459 g/mol. The highest BCUT2D eigenvalue weighted by Gasteiger charge is 2.34. The Labute approximate surface area is 195 Å². The number of hydrogen-bond donors (Lipinski definition) is 1. The Bertz CT molecular complexity index is 1360. The van der Waals surface area contributed by atoms with Gasteiger partial charge in [-0.2, -0.15) is 0 Å². The molecule has 0 saturated carbocycles. The largest absolute Gasteiger partial charge is 0.489 e. The number of carbonyl (C=O) groups is 2. The summed E-state index contributed by atoms with van der Waals surface area (Å²) in [6.07, 6.45) is 2.69. The Hall–Kier alpha value is -4.13. The number of carboxylic acids is 1. The van der Waals surface area contributed by atoms with Crippen molar-refractivity contribution < 1.29 is 28.2 Å². The first-order chi connectivity index (χ1) is 16.5. The van der Waals surface area contributed by atoms with Crippen molar-refractivity contribution in [2.45, 2.75) is 25.5 Å². The zero-order valence-electron chi connectivity index (χ0n) is 18.2. The number of likely N-dealkylation sites (tertiary alicyclic amines) is 1. The summed E-state index contributed by atoms with van der Waals surface area (Å²) in [6.45, 7) is 0.684. The van der Waals surface area contributed by atoms with E-state index in [2.05, 4.69) is 0 Å². The third-order valence-electron chi connectivity index (χ3n) is 6.06. The number of halogens is 1. The van der Waals surface area contributed by atoms with Crippen LogP contribution in [0.15, 0.2) is 77.4 Å². The Morgan fingerprint density at radius 1 is 1.09 bits per heavy atom. The normalized spacial score (nSPS) is 15.6. The number of fused-ring (bicyclic) bond motifs is 1. The van der Waals surface area contributed by atoms with Crippen molar-refractivity contribution in [1.29, 1.82) is 0 Å². The molecule has 0 radical (unpaired) electrons. The third-order valence-corrected chi connectivity index (χ3v) is 6.06. The van der Waals surface area contributed by atoms with E-state index in [0.717, 1.165) is 11.1 Å². The summed E-state index contributed by atoms with van der Waals surface area (Å²) in [5, 5.41) is 10.1. The molecule has 4 aromatic rings. The van der Waals surface area contributed by atoms with Crippen molar-refractivity contribution >= 4 is 22.8 Å². The van der Waals surface area contributed by atoms with Crippen LogP contribution < -0.4 is 4.74 Å². The molecule has 2 heterocycles. The lowest BCUT2D eigenvalue weighted by Gasteiger charge is -2.21. The van der Waals surface area contributed by atoms with Gasteiger partial charge in [0.1, 0.15) is 29.8 Å². The lowest BCUT2D eigenvalue weighted by atomic mass is 10.0. The highest BCUT2D eigenvalue weighted by molar-refractivity contribution is 5.97. The number of rotatable bonds is 6. The number of ether oxygens (including phenoxy) is 1. The molecule has 3 aromatic carbocycles. The lowest BCUT2D eigenvalue weighted by molar-refractivity contribution is -0.141. The number of furan rings is 1. The Morgan fingerprint density at radius 2 is 1.91 bits per heavy atom. The summed E-state index contributed by atoms with van der Waals surface area (Å²) in [5.41, 5.74) is 3.33. The zero-order valence-corrected chi connectivity index (χ0v) is 18.2. The molecule has 1 aliphatic heterocycles. The maximum Gasteiger partial charge on any atom is 0.326 e. The molecule has 1 saturated heterocycles. The average molecular weight is 459 g/mol. The maximum absolute atomic E-state index is 14.0. The minimum Gasteiger partial charge on any atom is -0.489 e. The van der Waals surface area contributed by atoms with Gasteiger partial charge in [0.25, 0.3) is 5.91 Å². The van der Waals surface area contributed by atoms with Gasteiger partial charge in [-0.1, -0.05) is 24.3 Å². The van der Waals surface area contributed by atoms with Gasteiger partial charge < -0.3 is 19.2 Å². The van der Waals surface area contributed by atoms with Gasteiger partial charge in [0.05, 0.1) is 6.26 Å². The van der Waals surface area contributed by atoms with Gasteiger partial charge in [-0.05, 0) is 66.4 Å². The van der Waals surface area contributed by atoms with Crippen molar-refractivity contribution in [2.24, 2.45) is 0 Å². The number of carbonyl (C=O) groups excluding carboxylic acids is 1. The number of amides is 1. The van der Waals surface area contributed by atoms with Gasteiger partial charge in [0.15, 0.2) is 0 Å². The van der Waals surface area contributed by atoms with Gasteiger partial charge in [-0.25, -0.2) is 9.18 Å². The molecule has 34 heavy (non-hydrogen) atoms. The molecule has 5 rings (SSSR count). The van der Waals surface area contributed by atoms with Gasteiger partial charge in [0.2, 0.25) is 0 Å². The summed E-state index contributed by atoms with van der Waals surface area (Å²) in [6, 6.07) is 18.1. The average Bonchev–Trinajstić information content (AvgIpc) is 3.52. The second-order valence-corrected chi connectivity index (χ2v) is 8.30. The van der Waals surface area contributed by atoms with E-state index in [9.17, 15) is 19.1 Å². The van der Waals surface area contributed by atoms with Crippen molar-refractivity contribution in [3.05, 3.63) is 89.9 Å². The highest BCUT2D eigenvalue weighted by atomic mass is 19.1. The molecular weight excluding hydrogens is 437 g/mol. The summed E-state index contributed by atoms with van der Waals surface area (Å²) in [4.78, 5) is 25.7. The molecule has 1 atom stereocenters. The molecular formula is C27H22FNO5. The van der Waals surface area contributed by atoms with Crippen molar-refractivity contribution in [3.8, 4) is 16.9 Å². The molecule has 172 valence electrons. The van der Waals surface area contributed by atoms with Gasteiger partial charge in [0, 0.05) is 23.1 Å². The number of nitrogens with zero attached hydrogens (tertiary/aromatic N) is 1. The minimum atomic E-state index is -0.972. The number of hydrogen-bond acceptors (Lipinski definition) is 4. The molecule has 0 spiro atoms. The van der Waals surface area contributed by atoms with Crippen LogP contribution in [0.3, 0.4) is 0 Å². The lowest BCUT2D eigenvalue weighted by Crippen LogP contribution is -2.40. The van der Waals surface area contributed by atoms with Gasteiger partial charge in [-0.15, -0.1) is 0 Å². The molecule has 1 aromatic heterocycles. The predicted octanol–water partition coefficient (Wildman–Crippen LogP) is 5.51. The Morgan fingerprint density at radius 3 is 2.71 bits per heavy atom. The van der Waals surface area contributed by atoms with E-state index in [1.54, 1.807) is 36.4 Å². The highest BCUT2D eigenvalue weighted by Crippen LogP contribution is 2.32. The van der Waals surface area contributed by atoms with E-state index < -0.39 is 12.0 Å². The second kappa shape index (κ2) is 9.02. The fourth-order valence-corrected chi connectivity index (χ4v) is 4.38. The molecule has 6 nitrogen and oxygen atoms in total. The molecule has 0 aliphatic carbocycles. The molecule has 1 fully saturated rings. The summed E-state index contributed by atoms with van der Waals surface area (Å²) in [7, 11) is 0. The van der Waals surface area contributed by atoms with E-state index in [1.165, 1.54) is 23.3 Å². The maximum atomic E-state index is 14.0. The topological polar surface area (TPSA) is 80.0 Å². The Balaban J connectivity index is 1.28. The minimum absolute atomic E-state index is 0.241. The number of carboxylic acid groups (broad SMARTS) is 1. The summed E-state index contributed by atoms with van der Waals surface area (Å²) < 4.78 is 25.4. The van der Waals surface area contributed by atoms with E-state index >= 15 is 0 Å². The molecule has 7 heteroatoms. The second-order valence-electron chi connectivity index (χ2n) is 8.30. The Kier molecular flexibility index (Phi) is 5.76. The van der Waals surface area contributed by atoms with Crippen molar-refractivity contribution in [3.63, 3.8) is 0 Å². The molecule has 0 bridgehead atoms. The van der Waals surface area contributed by atoms with Crippen LogP contribution in [-0.2, 0) is 11.4 Å². The van der Waals surface area contributed by atoms with Gasteiger partial charge in [-0.3, -0.25) is 4.79 Å². The van der Waals surface area contributed by atoms with E-state index in [4.69, 9.17) is 9.15 Å². The van der Waals surface area contributed by atoms with Crippen LogP contribution in [0.2, 0.25) is 0 Å². The molecule has 1 amide bonds. The number of aliphatic carboxylic acids is 1. The zero-order chi connectivity index (χ0) is 23.7. The molecule has 0 unspecified atom stereocenters. The van der Waals surface area contributed by atoms with E-state index in [-0.39, 0.29) is 18.3 Å². The van der Waals surface area contributed by atoms with Crippen LogP contribution in [0.5, 0.6) is 5.75 Å². The van der Waals surface area contributed by atoms with Crippen LogP contribution in [0.4, 0.5) is 4.39 Å². The first kappa shape index (κ1) is 21.7. The van der Waals surface area contributed by atoms with Crippen molar-refractivity contribution in [1.82, 2.24) is 4.90 Å². The smallest absolute Gasteiger partial charge is 0.326 e. The quantitative estimate of drug-likeness (QED) is 0.411. The predicted molar refractivity (Wildman–Crippen MR) is 124 cm³/mol. The first-order valence-corrected chi connectivity index (χ1v) is 11.0. The van der Waals surface area contributed by atoms with E-state index in [1.807, 2.05) is 18.2 Å². The summed E-state index contributed by atoms with van der Waals surface area (Å²) in [5.74, 6) is -0.962. The van der Waals surface area contributed by atoms with Crippen LogP contribution in [0.1, 0.15) is 28.8 Å². The van der Waals surface area contributed by atoms with Crippen LogP contribution in [0, 0.1) is 5.82 Å². The molecule has 1 aliphatic rings. The summed E-state index contributed by atoms with van der Waals surface area (Å²) >= 11 is 0. The fourth-order valence-electron chi connectivity index (χ4n) is 4.38. The third kappa shape index (κ3) is 4.24. The van der Waals surface area contributed by atoms with Crippen molar-refractivity contribution in [2.75, 3.05) is 6.54 Å². The van der Waals surface area contributed by atoms with Crippen LogP contribution in [0.25, 0.3) is 22.1 Å². The van der Waals surface area contributed by atoms with Crippen LogP contribution >= 0.6 is 0 Å². The SMILES string of the molecule is O=C(O)[C@@H]1CCCN1C(=O)c1cccc(COc2ccc(-c3cc(F)cc4ccoc34)cc2)c1. The van der Waals surface area contributed by atoms with Crippen LogP contribution in [-0.4, -0.2) is 34.5 Å². The standard InChI is InChI=1S/C27H22FNO5/c28-21-14-19-10-12-33-25(19)23(15-21)18-6-8-22(9-7-18)34-16-17-3-1-4-20(13-17)26(30)29-11-2-5-24(29)27(31)32/h1,3-4,6-10,12-15,24H,2,5,11,16H2,(H,31,32)/t24-/m0/s1. The fraction of sp³-hybridized carbons (Fsp3) is 0.185. The van der Waals surface area contributed by atoms with E-state index in [0.29, 0.717) is 47.2 Å². The number of benzene rings is 3. The van der Waals surface area contributed by atoms with Gasteiger partial charge >= 0.3 is 5.97 Å². The molecule has 1 N–H and O–H groups in total.